The zero-order valence-electron chi connectivity index (χ0n) is 6.72. The maximum atomic E-state index is 2.24. The standard InChI is InChI=1S/C9H9BS/c1-6-3-2-4-7-5-8(10)11-9(6)7/h2-5H,10H2,1H3. The highest BCUT2D eigenvalue weighted by Crippen LogP contribution is 2.21. The van der Waals surface area contributed by atoms with Crippen molar-refractivity contribution in [3.8, 4) is 0 Å². The molecule has 2 heteroatoms. The molecular weight excluding hydrogens is 151 g/mol. The van der Waals surface area contributed by atoms with Crippen LogP contribution in [0, 0.1) is 6.92 Å². The number of benzene rings is 1. The molecule has 0 aliphatic rings. The predicted octanol–water partition coefficient (Wildman–Crippen LogP) is 1.47. The van der Waals surface area contributed by atoms with Crippen LogP contribution >= 0.6 is 11.3 Å². The predicted molar refractivity (Wildman–Crippen MR) is 54.7 cm³/mol. The Morgan fingerprint density at radius 3 is 2.91 bits per heavy atom. The van der Waals surface area contributed by atoms with Gasteiger partial charge in [0.05, 0.1) is 0 Å². The molecule has 1 aromatic heterocycles. The summed E-state index contributed by atoms with van der Waals surface area (Å²) >= 11 is 1.88. The second-order valence-corrected chi connectivity index (χ2v) is 4.11. The Balaban J connectivity index is 2.90. The smallest absolute Gasteiger partial charge is 0.151 e. The Morgan fingerprint density at radius 1 is 1.36 bits per heavy atom. The lowest BCUT2D eigenvalue weighted by atomic mass is 10.1. The third-order valence-corrected chi connectivity index (χ3v) is 3.07. The van der Waals surface area contributed by atoms with Crippen LogP contribution in [0.4, 0.5) is 0 Å². The molecule has 0 nitrogen and oxygen atoms in total. The summed E-state index contributed by atoms with van der Waals surface area (Å²) in [5.74, 6) is 0. The van der Waals surface area contributed by atoms with Gasteiger partial charge in [-0.05, 0) is 22.6 Å². The summed E-state index contributed by atoms with van der Waals surface area (Å²) in [6.45, 7) is 2.16. The summed E-state index contributed by atoms with van der Waals surface area (Å²) in [5.41, 5.74) is 1.39. The molecule has 0 unspecified atom stereocenters. The van der Waals surface area contributed by atoms with Crippen molar-refractivity contribution >= 4 is 34.0 Å². The van der Waals surface area contributed by atoms with Gasteiger partial charge < -0.3 is 0 Å². The quantitative estimate of drug-likeness (QED) is 0.512. The lowest BCUT2D eigenvalue weighted by molar-refractivity contribution is 1.56. The molecule has 0 N–H and O–H groups in total. The van der Waals surface area contributed by atoms with E-state index in [0.717, 1.165) is 0 Å². The van der Waals surface area contributed by atoms with Crippen molar-refractivity contribution in [1.29, 1.82) is 0 Å². The number of rotatable bonds is 0. The van der Waals surface area contributed by atoms with Crippen molar-refractivity contribution in [2.45, 2.75) is 6.92 Å². The van der Waals surface area contributed by atoms with Crippen LogP contribution in [0.3, 0.4) is 0 Å². The average Bonchev–Trinajstić information content (AvgIpc) is 2.31. The number of thiophene rings is 1. The van der Waals surface area contributed by atoms with Crippen molar-refractivity contribution < 1.29 is 0 Å². The third-order valence-electron chi connectivity index (χ3n) is 1.86. The number of fused-ring (bicyclic) bond motifs is 1. The Hall–Kier alpha value is -0.755. The summed E-state index contributed by atoms with van der Waals surface area (Å²) in [7, 11) is 2.16. The van der Waals surface area contributed by atoms with Gasteiger partial charge in [0.1, 0.15) is 0 Å². The van der Waals surface area contributed by atoms with E-state index in [2.05, 4.69) is 39.0 Å². The third kappa shape index (κ3) is 1.08. The molecule has 2 aromatic rings. The first kappa shape index (κ1) is 6.92. The Morgan fingerprint density at radius 2 is 2.18 bits per heavy atom. The van der Waals surface area contributed by atoms with Crippen LogP contribution in [0.15, 0.2) is 24.3 Å². The monoisotopic (exact) mass is 160 g/mol. The Labute approximate surface area is 71.3 Å². The highest BCUT2D eigenvalue weighted by molar-refractivity contribution is 7.26. The van der Waals surface area contributed by atoms with Gasteiger partial charge in [0.15, 0.2) is 7.85 Å². The molecule has 0 saturated carbocycles. The van der Waals surface area contributed by atoms with Gasteiger partial charge >= 0.3 is 0 Å². The molecule has 0 aliphatic heterocycles. The fourth-order valence-corrected chi connectivity index (χ4v) is 2.32. The number of hydrogen-bond acceptors (Lipinski definition) is 1. The van der Waals surface area contributed by atoms with Crippen LogP contribution < -0.4 is 4.78 Å². The highest BCUT2D eigenvalue weighted by atomic mass is 32.1. The van der Waals surface area contributed by atoms with E-state index in [4.69, 9.17) is 0 Å². The second kappa shape index (κ2) is 2.38. The largest absolute Gasteiger partial charge is 0.152 e. The molecular formula is C9H9BS. The molecule has 1 heterocycles. The zero-order chi connectivity index (χ0) is 7.84. The molecule has 0 radical (unpaired) electrons. The lowest BCUT2D eigenvalue weighted by Crippen LogP contribution is -1.88. The number of hydrogen-bond donors (Lipinski definition) is 0. The molecule has 0 aliphatic carbocycles. The first-order chi connectivity index (χ1) is 5.27. The van der Waals surface area contributed by atoms with Crippen molar-refractivity contribution in [1.82, 2.24) is 0 Å². The van der Waals surface area contributed by atoms with Crippen LogP contribution in [-0.4, -0.2) is 7.85 Å². The minimum absolute atomic E-state index is 1.38. The summed E-state index contributed by atoms with van der Waals surface area (Å²) < 4.78 is 2.83. The van der Waals surface area contributed by atoms with E-state index in [0.29, 0.717) is 0 Å². The topological polar surface area (TPSA) is 0 Å². The zero-order valence-corrected chi connectivity index (χ0v) is 7.53. The van der Waals surface area contributed by atoms with Crippen LogP contribution in [0.25, 0.3) is 10.1 Å². The first-order valence-electron chi connectivity index (χ1n) is 3.73. The van der Waals surface area contributed by atoms with Gasteiger partial charge in [0.2, 0.25) is 0 Å². The molecule has 0 amide bonds. The molecule has 0 spiro atoms. The first-order valence-corrected chi connectivity index (χ1v) is 4.55. The second-order valence-electron chi connectivity index (χ2n) is 2.85. The van der Waals surface area contributed by atoms with Gasteiger partial charge in [0, 0.05) is 4.70 Å². The Kier molecular flexibility index (Phi) is 1.50. The molecule has 54 valence electrons. The minimum atomic E-state index is 1.38. The summed E-state index contributed by atoms with van der Waals surface area (Å²) in [5, 5.41) is 1.38. The van der Waals surface area contributed by atoms with Crippen LogP contribution in [0.5, 0.6) is 0 Å². The molecule has 0 atom stereocenters. The maximum Gasteiger partial charge on any atom is 0.152 e. The maximum absolute atomic E-state index is 2.24. The fourth-order valence-electron chi connectivity index (χ4n) is 1.34. The molecule has 11 heavy (non-hydrogen) atoms. The molecule has 1 aromatic carbocycles. The molecule has 0 bridgehead atoms. The van der Waals surface area contributed by atoms with E-state index in [1.54, 1.807) is 0 Å². The van der Waals surface area contributed by atoms with E-state index < -0.39 is 0 Å². The van der Waals surface area contributed by atoms with E-state index >= 15 is 0 Å². The van der Waals surface area contributed by atoms with Gasteiger partial charge in [-0.25, -0.2) is 0 Å². The average molecular weight is 160 g/mol. The SMILES string of the molecule is Bc1cc2cccc(C)c2s1. The number of aryl methyl sites for hydroxylation is 1. The summed E-state index contributed by atoms with van der Waals surface area (Å²) in [4.78, 5) is 0. The van der Waals surface area contributed by atoms with Gasteiger partial charge in [-0.15, -0.1) is 0 Å². The normalized spacial score (nSPS) is 10.6. The summed E-state index contributed by atoms with van der Waals surface area (Å²) in [6, 6.07) is 8.70. The van der Waals surface area contributed by atoms with Crippen molar-refractivity contribution in [2.24, 2.45) is 0 Å². The van der Waals surface area contributed by atoms with E-state index in [1.807, 2.05) is 11.3 Å². The van der Waals surface area contributed by atoms with Crippen molar-refractivity contribution in [3.63, 3.8) is 0 Å². The molecule has 2 rings (SSSR count). The van der Waals surface area contributed by atoms with E-state index in [9.17, 15) is 0 Å². The highest BCUT2D eigenvalue weighted by Gasteiger charge is 1.98. The van der Waals surface area contributed by atoms with Crippen LogP contribution in [0.2, 0.25) is 0 Å². The van der Waals surface area contributed by atoms with Gasteiger partial charge in [-0.2, -0.15) is 11.3 Å². The van der Waals surface area contributed by atoms with E-state index in [-0.39, 0.29) is 0 Å². The Bertz CT molecular complexity index is 389. The van der Waals surface area contributed by atoms with Gasteiger partial charge in [-0.1, -0.05) is 24.3 Å². The lowest BCUT2D eigenvalue weighted by Gasteiger charge is -1.91. The summed E-state index contributed by atoms with van der Waals surface area (Å²) in [6.07, 6.45) is 0. The van der Waals surface area contributed by atoms with Crippen LogP contribution in [-0.2, 0) is 0 Å². The van der Waals surface area contributed by atoms with Crippen LogP contribution in [0.1, 0.15) is 5.56 Å². The fraction of sp³-hybridized carbons (Fsp3) is 0.111. The van der Waals surface area contributed by atoms with Gasteiger partial charge in [-0.3, -0.25) is 0 Å². The van der Waals surface area contributed by atoms with Gasteiger partial charge in [0.25, 0.3) is 0 Å². The van der Waals surface area contributed by atoms with E-state index in [1.165, 1.54) is 20.4 Å². The van der Waals surface area contributed by atoms with Crippen molar-refractivity contribution in [3.05, 3.63) is 29.8 Å². The molecule has 0 saturated heterocycles. The minimum Gasteiger partial charge on any atom is -0.151 e. The molecule has 0 fully saturated rings. The van der Waals surface area contributed by atoms with Crippen molar-refractivity contribution in [2.75, 3.05) is 0 Å².